The van der Waals surface area contributed by atoms with E-state index in [0.717, 1.165) is 5.82 Å². The van der Waals surface area contributed by atoms with Gasteiger partial charge in [0.05, 0.1) is 25.3 Å². The molecule has 0 aliphatic heterocycles. The first-order valence-corrected chi connectivity index (χ1v) is 9.92. The number of carbonyl (C=O) groups excluding carboxylic acids is 1. The lowest BCUT2D eigenvalue weighted by Crippen LogP contribution is -2.18. The Hall–Kier alpha value is -2.82. The van der Waals surface area contributed by atoms with Crippen molar-refractivity contribution in [3.8, 4) is 5.75 Å². The van der Waals surface area contributed by atoms with E-state index in [1.807, 2.05) is 6.07 Å². The summed E-state index contributed by atoms with van der Waals surface area (Å²) >= 11 is 0. The maximum Gasteiger partial charge on any atom is 0.340 e. The number of hydrogen-bond donors (Lipinski definition) is 1. The lowest BCUT2D eigenvalue weighted by atomic mass is 9.76. The number of rotatable bonds is 5. The quantitative estimate of drug-likeness (QED) is 0.630. The van der Waals surface area contributed by atoms with E-state index in [1.165, 1.54) is 44.8 Å². The van der Waals surface area contributed by atoms with Crippen LogP contribution in [0.25, 0.3) is 11.0 Å². The van der Waals surface area contributed by atoms with E-state index in [0.29, 0.717) is 28.3 Å². The summed E-state index contributed by atoms with van der Waals surface area (Å²) in [5.74, 6) is 1.87. The van der Waals surface area contributed by atoms with Crippen molar-refractivity contribution in [2.24, 2.45) is 5.92 Å². The number of ether oxygens (including phenoxy) is 2. The van der Waals surface area contributed by atoms with Gasteiger partial charge in [0.15, 0.2) is 0 Å². The molecule has 0 spiro atoms. The number of aromatic nitrogens is 2. The number of aromatic amines is 1. The third-order valence-corrected chi connectivity index (χ3v) is 5.83. The van der Waals surface area contributed by atoms with Crippen LogP contribution in [-0.2, 0) is 4.74 Å². The van der Waals surface area contributed by atoms with E-state index in [2.05, 4.69) is 29.2 Å². The zero-order chi connectivity index (χ0) is 19.5. The normalized spacial score (nSPS) is 16.1. The van der Waals surface area contributed by atoms with E-state index in [4.69, 9.17) is 14.5 Å². The number of imidazole rings is 1. The molecule has 1 atom stereocenters. The number of methoxy groups -OCH3 is 2. The minimum atomic E-state index is -0.378. The summed E-state index contributed by atoms with van der Waals surface area (Å²) in [5, 5.41) is 0. The second kappa shape index (κ2) is 8.05. The van der Waals surface area contributed by atoms with Crippen molar-refractivity contribution in [1.82, 2.24) is 9.97 Å². The van der Waals surface area contributed by atoms with Crippen LogP contribution in [0.1, 0.15) is 59.8 Å². The van der Waals surface area contributed by atoms with E-state index in [9.17, 15) is 4.79 Å². The molecule has 146 valence electrons. The number of benzene rings is 2. The van der Waals surface area contributed by atoms with Crippen molar-refractivity contribution in [2.75, 3.05) is 14.2 Å². The van der Waals surface area contributed by atoms with E-state index in [1.54, 1.807) is 19.2 Å². The number of nitrogens with zero attached hydrogens (tertiary/aromatic N) is 1. The van der Waals surface area contributed by atoms with Gasteiger partial charge in [0, 0.05) is 5.92 Å². The largest absolute Gasteiger partial charge is 0.494 e. The average molecular weight is 378 g/mol. The number of fused-ring (bicyclic) bond motifs is 1. The number of hydrogen-bond acceptors (Lipinski definition) is 4. The third kappa shape index (κ3) is 3.37. The summed E-state index contributed by atoms with van der Waals surface area (Å²) in [6.45, 7) is 0. The topological polar surface area (TPSA) is 64.2 Å². The monoisotopic (exact) mass is 378 g/mol. The summed E-state index contributed by atoms with van der Waals surface area (Å²) in [4.78, 5) is 20.6. The molecular weight excluding hydrogens is 352 g/mol. The predicted molar refractivity (Wildman–Crippen MR) is 109 cm³/mol. The van der Waals surface area contributed by atoms with Crippen LogP contribution in [0, 0.1) is 5.92 Å². The molecule has 0 bridgehead atoms. The molecule has 1 aliphatic rings. The van der Waals surface area contributed by atoms with Gasteiger partial charge in [-0.05, 0) is 36.5 Å². The lowest BCUT2D eigenvalue weighted by Gasteiger charge is -2.29. The fourth-order valence-corrected chi connectivity index (χ4v) is 4.46. The van der Waals surface area contributed by atoms with E-state index < -0.39 is 0 Å². The minimum Gasteiger partial charge on any atom is -0.494 e. The Balaban J connectivity index is 1.87. The van der Waals surface area contributed by atoms with Crippen molar-refractivity contribution < 1.29 is 14.3 Å². The summed E-state index contributed by atoms with van der Waals surface area (Å²) in [5.41, 5.74) is 3.09. The number of esters is 1. The van der Waals surface area contributed by atoms with Gasteiger partial charge in [-0.3, -0.25) is 0 Å². The molecule has 1 aromatic heterocycles. The highest BCUT2D eigenvalue weighted by Gasteiger charge is 2.30. The molecule has 5 heteroatoms. The molecule has 4 rings (SSSR count). The van der Waals surface area contributed by atoms with Gasteiger partial charge in [0.25, 0.3) is 0 Å². The van der Waals surface area contributed by atoms with Crippen molar-refractivity contribution in [2.45, 2.75) is 38.0 Å². The van der Waals surface area contributed by atoms with Crippen molar-refractivity contribution in [1.29, 1.82) is 0 Å². The molecule has 1 unspecified atom stereocenters. The fraction of sp³-hybridized carbons (Fsp3) is 0.391. The van der Waals surface area contributed by atoms with Gasteiger partial charge in [-0.25, -0.2) is 9.78 Å². The first-order chi connectivity index (χ1) is 13.7. The van der Waals surface area contributed by atoms with E-state index >= 15 is 0 Å². The Morgan fingerprint density at radius 2 is 1.82 bits per heavy atom. The van der Waals surface area contributed by atoms with Gasteiger partial charge >= 0.3 is 5.97 Å². The van der Waals surface area contributed by atoms with Crippen molar-refractivity contribution in [3.05, 3.63) is 59.4 Å². The molecule has 3 aromatic rings. The number of H-pyrrole nitrogens is 1. The van der Waals surface area contributed by atoms with Gasteiger partial charge in [0.1, 0.15) is 17.1 Å². The van der Waals surface area contributed by atoms with Gasteiger partial charge in [-0.1, -0.05) is 49.6 Å². The van der Waals surface area contributed by atoms with Crippen molar-refractivity contribution in [3.63, 3.8) is 0 Å². The van der Waals surface area contributed by atoms with Gasteiger partial charge in [0.2, 0.25) is 0 Å². The molecule has 2 aromatic carbocycles. The van der Waals surface area contributed by atoms with Gasteiger partial charge in [-0.2, -0.15) is 0 Å². The molecule has 1 saturated carbocycles. The zero-order valence-corrected chi connectivity index (χ0v) is 16.4. The Kier molecular flexibility index (Phi) is 5.33. The molecule has 28 heavy (non-hydrogen) atoms. The smallest absolute Gasteiger partial charge is 0.340 e. The molecule has 0 amide bonds. The van der Waals surface area contributed by atoms with Gasteiger partial charge < -0.3 is 14.5 Å². The van der Waals surface area contributed by atoms with Gasteiger partial charge in [-0.15, -0.1) is 0 Å². The molecule has 5 nitrogen and oxygen atoms in total. The summed E-state index contributed by atoms with van der Waals surface area (Å²) < 4.78 is 10.5. The Labute approximate surface area is 165 Å². The molecule has 1 fully saturated rings. The van der Waals surface area contributed by atoms with Crippen LogP contribution in [0.15, 0.2) is 42.5 Å². The second-order valence-corrected chi connectivity index (χ2v) is 7.44. The van der Waals surface area contributed by atoms with Crippen LogP contribution >= 0.6 is 0 Å². The molecule has 1 heterocycles. The maximum atomic E-state index is 12.3. The minimum absolute atomic E-state index is 0.170. The maximum absolute atomic E-state index is 12.3. The Morgan fingerprint density at radius 3 is 2.50 bits per heavy atom. The first kappa shape index (κ1) is 18.5. The van der Waals surface area contributed by atoms with Crippen molar-refractivity contribution >= 4 is 17.0 Å². The van der Waals surface area contributed by atoms with Crippen LogP contribution in [0.3, 0.4) is 0 Å². The summed E-state index contributed by atoms with van der Waals surface area (Å²) in [6, 6.07) is 14.0. The average Bonchev–Trinajstić information content (AvgIpc) is 3.19. The van der Waals surface area contributed by atoms with E-state index in [-0.39, 0.29) is 11.9 Å². The highest BCUT2D eigenvalue weighted by molar-refractivity contribution is 6.03. The standard InChI is InChI=1S/C23H26N2O3/c1-27-18-14-13-17(23(26)28-2)20-21(18)25-22(24-20)19(15-9-5-3-6-10-15)16-11-7-4-8-12-16/h3,5-6,9-10,13-14,16,19H,4,7-8,11-12H2,1-2H3,(H,24,25). The SMILES string of the molecule is COC(=O)c1ccc(OC)c2nc(C(c3ccccc3)C3CCCCC3)[nH]c12. The number of carbonyl (C=O) groups is 1. The molecule has 1 aliphatic carbocycles. The lowest BCUT2D eigenvalue weighted by molar-refractivity contribution is 0.0603. The van der Waals surface area contributed by atoms with Crippen LogP contribution in [0.5, 0.6) is 5.75 Å². The molecule has 1 N–H and O–H groups in total. The molecule has 0 saturated heterocycles. The van der Waals surface area contributed by atoms with Crippen LogP contribution < -0.4 is 4.74 Å². The fourth-order valence-electron chi connectivity index (χ4n) is 4.46. The van der Waals surface area contributed by atoms with Crippen LogP contribution in [-0.4, -0.2) is 30.2 Å². The Morgan fingerprint density at radius 1 is 1.07 bits per heavy atom. The zero-order valence-electron chi connectivity index (χ0n) is 16.4. The van der Waals surface area contributed by atoms with Crippen LogP contribution in [0.2, 0.25) is 0 Å². The summed E-state index contributed by atoms with van der Waals surface area (Å²) in [7, 11) is 3.02. The molecule has 0 radical (unpaired) electrons. The second-order valence-electron chi connectivity index (χ2n) is 7.44. The Bertz CT molecular complexity index is 959. The first-order valence-electron chi connectivity index (χ1n) is 9.92. The highest BCUT2D eigenvalue weighted by Crippen LogP contribution is 2.41. The molecular formula is C23H26N2O3. The summed E-state index contributed by atoms with van der Waals surface area (Å²) in [6.07, 6.45) is 6.20. The van der Waals surface area contributed by atoms with Crippen LogP contribution in [0.4, 0.5) is 0 Å². The third-order valence-electron chi connectivity index (χ3n) is 5.83. The highest BCUT2D eigenvalue weighted by atomic mass is 16.5. The predicted octanol–water partition coefficient (Wildman–Crippen LogP) is 5.07. The number of nitrogens with one attached hydrogen (secondary N) is 1.